The van der Waals surface area contributed by atoms with Crippen LogP contribution in [-0.4, -0.2) is 36.0 Å². The number of imide groups is 1. The van der Waals surface area contributed by atoms with Gasteiger partial charge in [0.25, 0.3) is 11.8 Å². The Balaban J connectivity index is 1.83. The van der Waals surface area contributed by atoms with Gasteiger partial charge in [0, 0.05) is 23.7 Å². The molecule has 0 atom stereocenters. The number of anilines is 1. The molecule has 0 aliphatic carbocycles. The highest BCUT2D eigenvalue weighted by molar-refractivity contribution is 7.11. The first-order valence-corrected chi connectivity index (χ1v) is 9.95. The Morgan fingerprint density at radius 1 is 1.11 bits per heavy atom. The first kappa shape index (κ1) is 19.3. The van der Waals surface area contributed by atoms with Crippen LogP contribution in [0, 0.1) is 6.92 Å². The lowest BCUT2D eigenvalue weighted by molar-refractivity contribution is -0.137. The third-order valence-corrected chi connectivity index (χ3v) is 5.12. The zero-order valence-corrected chi connectivity index (χ0v) is 16.6. The van der Waals surface area contributed by atoms with E-state index >= 15 is 0 Å². The second kappa shape index (κ2) is 8.50. The highest BCUT2D eigenvalue weighted by Crippen LogP contribution is 2.32. The summed E-state index contributed by atoms with van der Waals surface area (Å²) in [5.74, 6) is -0.532. The number of nitrogens with zero attached hydrogens (tertiary/aromatic N) is 1. The minimum Gasteiger partial charge on any atom is -0.379 e. The van der Waals surface area contributed by atoms with Crippen molar-refractivity contribution in [1.82, 2.24) is 4.90 Å². The van der Waals surface area contributed by atoms with E-state index in [0.717, 1.165) is 16.1 Å². The van der Waals surface area contributed by atoms with Crippen molar-refractivity contribution in [3.05, 3.63) is 57.9 Å². The number of thiophene rings is 1. The molecule has 1 aliphatic heterocycles. The van der Waals surface area contributed by atoms with E-state index in [0.29, 0.717) is 30.8 Å². The lowest BCUT2D eigenvalue weighted by Crippen LogP contribution is -2.34. The number of amides is 2. The summed E-state index contributed by atoms with van der Waals surface area (Å²) >= 11 is 1.45. The molecule has 2 aromatic rings. The molecule has 0 fully saturated rings. The van der Waals surface area contributed by atoms with E-state index in [-0.39, 0.29) is 17.9 Å². The monoisotopic (exact) mass is 384 g/mol. The molecule has 1 aliphatic rings. The highest BCUT2D eigenvalue weighted by atomic mass is 32.1. The average molecular weight is 385 g/mol. The largest absolute Gasteiger partial charge is 0.379 e. The molecule has 2 amide bonds. The van der Waals surface area contributed by atoms with Crippen LogP contribution in [0.15, 0.2) is 47.5 Å². The number of rotatable bonds is 8. The Bertz CT molecular complexity index is 839. The molecule has 1 aromatic heterocycles. The highest BCUT2D eigenvalue weighted by Gasteiger charge is 2.39. The number of carbonyl (C=O) groups excluding carboxylic acids is 2. The van der Waals surface area contributed by atoms with Crippen LogP contribution < -0.4 is 5.32 Å². The summed E-state index contributed by atoms with van der Waals surface area (Å²) in [6, 6.07) is 11.5. The molecule has 0 spiro atoms. The molecule has 5 nitrogen and oxygen atoms in total. The third-order valence-electron chi connectivity index (χ3n) is 4.23. The fraction of sp³-hybridized carbons (Fsp3) is 0.333. The summed E-state index contributed by atoms with van der Waals surface area (Å²) < 4.78 is 5.53. The predicted octanol–water partition coefficient (Wildman–Crippen LogP) is 4.06. The maximum Gasteiger partial charge on any atom is 0.278 e. The van der Waals surface area contributed by atoms with Crippen molar-refractivity contribution in [2.45, 2.75) is 33.3 Å². The Hall–Kier alpha value is -2.44. The van der Waals surface area contributed by atoms with Crippen molar-refractivity contribution in [3.63, 3.8) is 0 Å². The summed E-state index contributed by atoms with van der Waals surface area (Å²) in [6.45, 7) is 6.80. The Kier molecular flexibility index (Phi) is 6.08. The van der Waals surface area contributed by atoms with Crippen LogP contribution >= 0.6 is 11.3 Å². The normalized spacial score (nSPS) is 14.6. The van der Waals surface area contributed by atoms with Crippen LogP contribution in [0.1, 0.15) is 30.7 Å². The van der Waals surface area contributed by atoms with Crippen LogP contribution in [0.25, 0.3) is 5.57 Å². The lowest BCUT2D eigenvalue weighted by Gasteiger charge is -2.16. The van der Waals surface area contributed by atoms with Gasteiger partial charge in [-0.3, -0.25) is 14.5 Å². The quantitative estimate of drug-likeness (QED) is 0.551. The van der Waals surface area contributed by atoms with Gasteiger partial charge in [-0.25, -0.2) is 0 Å². The van der Waals surface area contributed by atoms with Crippen molar-refractivity contribution in [1.29, 1.82) is 0 Å². The van der Waals surface area contributed by atoms with Crippen molar-refractivity contribution in [3.8, 4) is 0 Å². The van der Waals surface area contributed by atoms with Gasteiger partial charge in [-0.05, 0) is 50.8 Å². The van der Waals surface area contributed by atoms with Gasteiger partial charge in [0.15, 0.2) is 0 Å². The van der Waals surface area contributed by atoms with E-state index in [1.54, 1.807) is 0 Å². The van der Waals surface area contributed by atoms with E-state index in [4.69, 9.17) is 4.74 Å². The van der Waals surface area contributed by atoms with E-state index in [1.807, 2.05) is 62.5 Å². The molecule has 0 unspecified atom stereocenters. The number of hydrogen-bond donors (Lipinski definition) is 1. The molecule has 2 heterocycles. The van der Waals surface area contributed by atoms with Gasteiger partial charge in [0.1, 0.15) is 5.70 Å². The number of benzene rings is 1. The fourth-order valence-electron chi connectivity index (χ4n) is 2.87. The van der Waals surface area contributed by atoms with Crippen LogP contribution in [0.5, 0.6) is 0 Å². The predicted molar refractivity (Wildman–Crippen MR) is 108 cm³/mol. The number of nitrogens with one attached hydrogen (secondary N) is 1. The molecular weight excluding hydrogens is 360 g/mol. The molecule has 3 rings (SSSR count). The van der Waals surface area contributed by atoms with Crippen molar-refractivity contribution < 1.29 is 14.3 Å². The molecule has 0 saturated carbocycles. The smallest absolute Gasteiger partial charge is 0.278 e. The number of hydrogen-bond acceptors (Lipinski definition) is 5. The van der Waals surface area contributed by atoms with Gasteiger partial charge < -0.3 is 10.1 Å². The van der Waals surface area contributed by atoms with Crippen LogP contribution in [0.2, 0.25) is 0 Å². The maximum absolute atomic E-state index is 13.0. The summed E-state index contributed by atoms with van der Waals surface area (Å²) in [6.07, 6.45) is 0.749. The zero-order chi connectivity index (χ0) is 19.4. The minimum atomic E-state index is -0.284. The molecule has 142 valence electrons. The topological polar surface area (TPSA) is 58.6 Å². The Morgan fingerprint density at radius 3 is 2.48 bits per heavy atom. The molecule has 27 heavy (non-hydrogen) atoms. The van der Waals surface area contributed by atoms with E-state index in [2.05, 4.69) is 5.32 Å². The molecule has 1 aromatic carbocycles. The fourth-order valence-corrected chi connectivity index (χ4v) is 3.64. The standard InChI is InChI=1S/C21H24N2O3S/c1-14(2)26-12-5-11-23-20(24)18(17-6-4-13-27-17)19(21(23)25)22-16-9-7-15(3)8-10-16/h4,6-10,13-14,22H,5,11-12H2,1-3H3. The molecule has 0 saturated heterocycles. The van der Waals surface area contributed by atoms with Gasteiger partial charge in [0.05, 0.1) is 11.7 Å². The van der Waals surface area contributed by atoms with Crippen LogP contribution in [0.3, 0.4) is 0 Å². The third kappa shape index (κ3) is 4.46. The van der Waals surface area contributed by atoms with Crippen LogP contribution in [0.4, 0.5) is 5.69 Å². The zero-order valence-electron chi connectivity index (χ0n) is 15.8. The first-order valence-electron chi connectivity index (χ1n) is 9.07. The van der Waals surface area contributed by atoms with Crippen molar-refractivity contribution >= 4 is 34.4 Å². The number of aryl methyl sites for hydroxylation is 1. The van der Waals surface area contributed by atoms with Crippen molar-refractivity contribution in [2.75, 3.05) is 18.5 Å². The van der Waals surface area contributed by atoms with Gasteiger partial charge >= 0.3 is 0 Å². The minimum absolute atomic E-state index is 0.133. The molecule has 1 N–H and O–H groups in total. The number of carbonyl (C=O) groups is 2. The van der Waals surface area contributed by atoms with Gasteiger partial charge in [-0.2, -0.15) is 0 Å². The summed E-state index contributed by atoms with van der Waals surface area (Å²) in [7, 11) is 0. The Morgan fingerprint density at radius 2 is 1.85 bits per heavy atom. The summed E-state index contributed by atoms with van der Waals surface area (Å²) in [4.78, 5) is 28.0. The Labute approximate surface area is 163 Å². The number of ether oxygens (including phenoxy) is 1. The first-order chi connectivity index (χ1) is 13.0. The molecule has 0 bridgehead atoms. The average Bonchev–Trinajstić information content (AvgIpc) is 3.22. The van der Waals surface area contributed by atoms with Gasteiger partial charge in [-0.15, -0.1) is 11.3 Å². The summed E-state index contributed by atoms with van der Waals surface area (Å²) in [5, 5.41) is 5.07. The second-order valence-electron chi connectivity index (χ2n) is 6.75. The van der Waals surface area contributed by atoms with E-state index in [9.17, 15) is 9.59 Å². The van der Waals surface area contributed by atoms with E-state index < -0.39 is 0 Å². The summed E-state index contributed by atoms with van der Waals surface area (Å²) in [5.41, 5.74) is 2.71. The molecular formula is C21H24N2O3S. The van der Waals surface area contributed by atoms with E-state index in [1.165, 1.54) is 16.2 Å². The lowest BCUT2D eigenvalue weighted by atomic mass is 10.1. The molecule has 6 heteroatoms. The van der Waals surface area contributed by atoms with Crippen molar-refractivity contribution in [2.24, 2.45) is 0 Å². The molecule has 0 radical (unpaired) electrons. The van der Waals surface area contributed by atoms with Gasteiger partial charge in [0.2, 0.25) is 0 Å². The SMILES string of the molecule is Cc1ccc(NC2=C(c3cccs3)C(=O)N(CCCOC(C)C)C2=O)cc1. The second-order valence-corrected chi connectivity index (χ2v) is 7.70. The van der Waals surface area contributed by atoms with Gasteiger partial charge in [-0.1, -0.05) is 23.8 Å². The maximum atomic E-state index is 13.0. The van der Waals surface area contributed by atoms with Crippen LogP contribution in [-0.2, 0) is 14.3 Å².